The van der Waals surface area contributed by atoms with Crippen molar-refractivity contribution in [2.45, 2.75) is 0 Å². The molecule has 0 spiro atoms. The van der Waals surface area contributed by atoms with Crippen LogP contribution in [-0.2, 0) is 0 Å². The Kier molecular flexibility index (Phi) is 9.10. The summed E-state index contributed by atoms with van der Waals surface area (Å²) < 4.78 is 2.34. The molecule has 0 N–H and O–H groups in total. The van der Waals surface area contributed by atoms with Gasteiger partial charge in [0.15, 0.2) is 17.5 Å². The Hall–Kier alpha value is -9.06. The Morgan fingerprint density at radius 3 is 1.03 bits per heavy atom. The minimum absolute atomic E-state index is 0.633. The highest BCUT2D eigenvalue weighted by atomic mass is 15.1. The number of nitrogens with zero attached hydrogens (tertiary/aromatic N) is 5. The molecule has 0 amide bonds. The van der Waals surface area contributed by atoms with Crippen molar-refractivity contribution in [2.75, 3.05) is 0 Å². The van der Waals surface area contributed by atoms with Crippen molar-refractivity contribution in [1.29, 1.82) is 0 Å². The fourth-order valence-corrected chi connectivity index (χ4v) is 9.99. The van der Waals surface area contributed by atoms with Gasteiger partial charge < -0.3 is 0 Å². The predicted molar refractivity (Wildman–Crippen MR) is 277 cm³/mol. The number of imidazole rings is 1. The monoisotopic (exact) mass is 853 g/mol. The van der Waals surface area contributed by atoms with Gasteiger partial charge in [0, 0.05) is 38.7 Å². The maximum atomic E-state index is 5.50. The second-order valence-electron chi connectivity index (χ2n) is 16.9. The first-order valence-electron chi connectivity index (χ1n) is 22.6. The molecular weight excluding hydrogens is 815 g/mol. The molecule has 0 fully saturated rings. The third-order valence-corrected chi connectivity index (χ3v) is 13.0. The minimum atomic E-state index is 0.633. The molecule has 0 unspecified atom stereocenters. The Labute approximate surface area is 387 Å². The van der Waals surface area contributed by atoms with E-state index in [-0.39, 0.29) is 0 Å². The van der Waals surface area contributed by atoms with Crippen molar-refractivity contribution in [2.24, 2.45) is 0 Å². The van der Waals surface area contributed by atoms with Crippen LogP contribution in [0.5, 0.6) is 0 Å². The Balaban J connectivity index is 0.940. The molecule has 0 aliphatic carbocycles. The van der Waals surface area contributed by atoms with E-state index in [2.05, 4.69) is 180 Å². The fraction of sp³-hybridized carbons (Fsp3) is 0. The lowest BCUT2D eigenvalue weighted by atomic mass is 9.85. The van der Waals surface area contributed by atoms with Crippen LogP contribution in [0.2, 0.25) is 0 Å². The maximum Gasteiger partial charge on any atom is 0.164 e. The van der Waals surface area contributed by atoms with Gasteiger partial charge in [-0.15, -0.1) is 0 Å². The van der Waals surface area contributed by atoms with Gasteiger partial charge in [0.1, 0.15) is 5.82 Å². The summed E-state index contributed by atoms with van der Waals surface area (Å²) in [5, 5.41) is 9.53. The zero-order chi connectivity index (χ0) is 44.3. The number of fused-ring (bicyclic) bond motifs is 8. The molecule has 312 valence electrons. The quantitative estimate of drug-likeness (QED) is 0.118. The molecule has 0 radical (unpaired) electrons. The highest BCUT2D eigenvalue weighted by Crippen LogP contribution is 2.45. The second kappa shape index (κ2) is 15.9. The van der Waals surface area contributed by atoms with Crippen molar-refractivity contribution >= 4 is 54.1 Å². The van der Waals surface area contributed by atoms with E-state index in [4.69, 9.17) is 19.9 Å². The smallest absolute Gasteiger partial charge is 0.164 e. The summed E-state index contributed by atoms with van der Waals surface area (Å²) in [4.78, 5) is 20.4. The number of benzene rings is 11. The van der Waals surface area contributed by atoms with Gasteiger partial charge in [-0.05, 0) is 66.7 Å². The number of hydrogen-bond acceptors (Lipinski definition) is 4. The van der Waals surface area contributed by atoms with E-state index in [1.54, 1.807) is 0 Å². The first-order valence-corrected chi connectivity index (χ1v) is 22.6. The van der Waals surface area contributed by atoms with Crippen molar-refractivity contribution in [3.63, 3.8) is 0 Å². The van der Waals surface area contributed by atoms with Gasteiger partial charge in [0.05, 0.1) is 11.0 Å². The van der Waals surface area contributed by atoms with Crippen molar-refractivity contribution < 1.29 is 0 Å². The molecule has 13 aromatic rings. The summed E-state index contributed by atoms with van der Waals surface area (Å²) in [6.07, 6.45) is 0. The zero-order valence-corrected chi connectivity index (χ0v) is 36.3. The summed E-state index contributed by atoms with van der Waals surface area (Å²) in [6.45, 7) is 0. The van der Waals surface area contributed by atoms with E-state index in [1.165, 1.54) is 48.8 Å². The summed E-state index contributed by atoms with van der Waals surface area (Å²) in [5.74, 6) is 2.83. The summed E-state index contributed by atoms with van der Waals surface area (Å²) in [6, 6.07) is 83.5. The highest BCUT2D eigenvalue weighted by molar-refractivity contribution is 6.24. The van der Waals surface area contributed by atoms with Gasteiger partial charge >= 0.3 is 0 Å². The maximum absolute atomic E-state index is 5.50. The Morgan fingerprint density at radius 1 is 0.239 bits per heavy atom. The van der Waals surface area contributed by atoms with E-state index in [0.29, 0.717) is 17.5 Å². The first kappa shape index (κ1) is 38.4. The fourth-order valence-electron chi connectivity index (χ4n) is 9.99. The molecule has 0 bridgehead atoms. The van der Waals surface area contributed by atoms with Gasteiger partial charge in [0.25, 0.3) is 0 Å². The average molecular weight is 854 g/mol. The van der Waals surface area contributed by atoms with Crippen molar-refractivity contribution in [3.8, 4) is 73.5 Å². The van der Waals surface area contributed by atoms with Gasteiger partial charge in [-0.2, -0.15) is 0 Å². The molecule has 0 aliphatic rings. The molecule has 0 saturated carbocycles. The molecule has 67 heavy (non-hydrogen) atoms. The Bertz CT molecular complexity index is 3880. The van der Waals surface area contributed by atoms with Crippen molar-refractivity contribution in [1.82, 2.24) is 24.5 Å². The van der Waals surface area contributed by atoms with Crippen LogP contribution < -0.4 is 0 Å². The van der Waals surface area contributed by atoms with Crippen LogP contribution in [-0.4, -0.2) is 24.5 Å². The molecule has 0 aliphatic heterocycles. The molecule has 5 nitrogen and oxygen atoms in total. The standard InChI is InChI=1S/C62H39N5/c1-4-18-42(19-5-1)59-64-60(43-20-6-2-7-21-43)66-61(65-59)44-36-32-40(33-37-44)55-49-26-12-14-28-51(49)56(52-29-15-13-27-50(52)55)41-34-38-45(39-35-41)62-63-57-53-30-16-10-24-47(53)48-25-11-17-31-54(48)58(57)67(62)46-22-8-3-9-23-46/h1-39H. The number of para-hydroxylation sites is 1. The van der Waals surface area contributed by atoms with Crippen LogP contribution in [0, 0.1) is 0 Å². The van der Waals surface area contributed by atoms with Crippen LogP contribution in [0.3, 0.4) is 0 Å². The molecule has 0 atom stereocenters. The SMILES string of the molecule is c1ccc(-c2nc(-c3ccccc3)nc(-c3ccc(-c4c5ccccc5c(-c5ccc(-c6nc7c8ccccc8c8ccccc8c7n6-c6ccccc6)cc5)c5ccccc45)cc3)n2)cc1. The lowest BCUT2D eigenvalue weighted by molar-refractivity contribution is 1.07. The number of aromatic nitrogens is 5. The zero-order valence-electron chi connectivity index (χ0n) is 36.3. The van der Waals surface area contributed by atoms with E-state index in [9.17, 15) is 0 Å². The average Bonchev–Trinajstić information content (AvgIpc) is 3.82. The molecule has 2 aromatic heterocycles. The van der Waals surface area contributed by atoms with Gasteiger partial charge in [-0.3, -0.25) is 4.57 Å². The van der Waals surface area contributed by atoms with Crippen LogP contribution in [0.4, 0.5) is 0 Å². The molecule has 0 saturated heterocycles. The normalized spacial score (nSPS) is 11.6. The molecule has 11 aromatic carbocycles. The summed E-state index contributed by atoms with van der Waals surface area (Å²) in [5.41, 5.74) is 11.7. The number of hydrogen-bond donors (Lipinski definition) is 0. The van der Waals surface area contributed by atoms with E-state index in [1.807, 2.05) is 60.7 Å². The minimum Gasteiger partial charge on any atom is -0.292 e. The van der Waals surface area contributed by atoms with Crippen LogP contribution >= 0.6 is 0 Å². The van der Waals surface area contributed by atoms with Crippen molar-refractivity contribution in [3.05, 3.63) is 237 Å². The predicted octanol–water partition coefficient (Wildman–Crippen LogP) is 15.8. The highest BCUT2D eigenvalue weighted by Gasteiger charge is 2.22. The first-order chi connectivity index (χ1) is 33.2. The Morgan fingerprint density at radius 2 is 0.567 bits per heavy atom. The van der Waals surface area contributed by atoms with Gasteiger partial charge in [-0.1, -0.05) is 224 Å². The van der Waals surface area contributed by atoms with Gasteiger partial charge in [-0.25, -0.2) is 19.9 Å². The molecule has 2 heterocycles. The topological polar surface area (TPSA) is 56.5 Å². The van der Waals surface area contributed by atoms with Crippen LogP contribution in [0.15, 0.2) is 237 Å². The van der Waals surface area contributed by atoms with Crippen LogP contribution in [0.25, 0.3) is 128 Å². The lowest BCUT2D eigenvalue weighted by Crippen LogP contribution is -2.00. The second-order valence-corrected chi connectivity index (χ2v) is 16.9. The summed E-state index contributed by atoms with van der Waals surface area (Å²) >= 11 is 0. The van der Waals surface area contributed by atoms with Gasteiger partial charge in [0.2, 0.25) is 0 Å². The van der Waals surface area contributed by atoms with E-state index in [0.717, 1.165) is 61.3 Å². The third kappa shape index (κ3) is 6.47. The largest absolute Gasteiger partial charge is 0.292 e. The third-order valence-electron chi connectivity index (χ3n) is 13.0. The molecular formula is C62H39N5. The molecule has 5 heteroatoms. The lowest BCUT2D eigenvalue weighted by Gasteiger charge is -2.18. The van der Waals surface area contributed by atoms with Crippen LogP contribution in [0.1, 0.15) is 0 Å². The van der Waals surface area contributed by atoms with E-state index < -0.39 is 0 Å². The van der Waals surface area contributed by atoms with E-state index >= 15 is 0 Å². The summed E-state index contributed by atoms with van der Waals surface area (Å²) in [7, 11) is 0. The molecule has 13 rings (SSSR count). The number of rotatable bonds is 7.